The fourth-order valence-electron chi connectivity index (χ4n) is 1.15. The predicted octanol–water partition coefficient (Wildman–Crippen LogP) is 2.53. The van der Waals surface area contributed by atoms with Crippen LogP contribution in [0.1, 0.15) is 22.3 Å². The molecule has 0 spiro atoms. The molecule has 0 aliphatic rings. The quantitative estimate of drug-likeness (QED) is 0.848. The molecule has 0 unspecified atom stereocenters. The third-order valence-electron chi connectivity index (χ3n) is 1.84. The van der Waals surface area contributed by atoms with Gasteiger partial charge >= 0.3 is 11.9 Å². The van der Waals surface area contributed by atoms with Gasteiger partial charge in [-0.3, -0.25) is 4.79 Å². The largest absolute Gasteiger partial charge is 0.481 e. The normalized spacial score (nSPS) is 10.6. The fraction of sp³-hybridized carbons (Fsp3) is 0.0909. The van der Waals surface area contributed by atoms with Crippen molar-refractivity contribution in [3.8, 4) is 0 Å². The molecular formula is C11H9ClO4. The Morgan fingerprint density at radius 1 is 1.31 bits per heavy atom. The highest BCUT2D eigenvalue weighted by atomic mass is 35.5. The maximum atomic E-state index is 10.9. The molecule has 0 aliphatic heterocycles. The minimum absolute atomic E-state index is 0.0501. The zero-order chi connectivity index (χ0) is 12.1. The molecule has 0 radical (unpaired) electrons. The Balaban J connectivity index is 2.99. The number of halogens is 1. The smallest absolute Gasteiger partial charge is 0.336 e. The first-order valence-corrected chi connectivity index (χ1v) is 4.79. The van der Waals surface area contributed by atoms with E-state index < -0.39 is 11.9 Å². The van der Waals surface area contributed by atoms with Crippen molar-refractivity contribution in [2.24, 2.45) is 0 Å². The molecule has 0 atom stereocenters. The average molecular weight is 241 g/mol. The highest BCUT2D eigenvalue weighted by Gasteiger charge is 2.08. The third kappa shape index (κ3) is 3.40. The number of benzene rings is 1. The number of carboxylic acids is 2. The van der Waals surface area contributed by atoms with Crippen LogP contribution in [0.2, 0.25) is 5.02 Å². The number of hydrogen-bond acceptors (Lipinski definition) is 2. The Bertz CT molecular complexity index is 451. The van der Waals surface area contributed by atoms with E-state index >= 15 is 0 Å². The summed E-state index contributed by atoms with van der Waals surface area (Å²) < 4.78 is 0. The van der Waals surface area contributed by atoms with E-state index in [2.05, 4.69) is 0 Å². The van der Waals surface area contributed by atoms with Gasteiger partial charge in [-0.25, -0.2) is 4.79 Å². The average Bonchev–Trinajstić information content (AvgIpc) is 2.19. The van der Waals surface area contributed by atoms with Crippen molar-refractivity contribution >= 4 is 29.6 Å². The lowest BCUT2D eigenvalue weighted by Crippen LogP contribution is -1.99. The van der Waals surface area contributed by atoms with Crippen LogP contribution < -0.4 is 0 Å². The van der Waals surface area contributed by atoms with Gasteiger partial charge < -0.3 is 10.2 Å². The number of aromatic carboxylic acids is 1. The van der Waals surface area contributed by atoms with Gasteiger partial charge in [0.25, 0.3) is 0 Å². The van der Waals surface area contributed by atoms with Crippen LogP contribution in [-0.2, 0) is 4.79 Å². The Labute approximate surface area is 96.8 Å². The molecule has 0 saturated carbocycles. The number of rotatable bonds is 4. The van der Waals surface area contributed by atoms with E-state index in [4.69, 9.17) is 21.8 Å². The molecule has 1 rings (SSSR count). The third-order valence-corrected chi connectivity index (χ3v) is 2.07. The van der Waals surface area contributed by atoms with E-state index in [1.54, 1.807) is 6.07 Å². The van der Waals surface area contributed by atoms with Crippen molar-refractivity contribution in [2.45, 2.75) is 6.42 Å². The lowest BCUT2D eigenvalue weighted by Gasteiger charge is -2.01. The molecule has 4 nitrogen and oxygen atoms in total. The Hall–Kier alpha value is -1.81. The summed E-state index contributed by atoms with van der Waals surface area (Å²) in [5, 5.41) is 17.6. The van der Waals surface area contributed by atoms with Gasteiger partial charge in [0, 0.05) is 5.02 Å². The van der Waals surface area contributed by atoms with Crippen LogP contribution in [0.3, 0.4) is 0 Å². The zero-order valence-corrected chi connectivity index (χ0v) is 8.94. The number of hydrogen-bond donors (Lipinski definition) is 2. The number of carboxylic acid groups (broad SMARTS) is 2. The van der Waals surface area contributed by atoms with Crippen molar-refractivity contribution in [1.29, 1.82) is 0 Å². The first kappa shape index (κ1) is 12.3. The van der Waals surface area contributed by atoms with Crippen LogP contribution in [0.4, 0.5) is 0 Å². The maximum absolute atomic E-state index is 10.9. The second kappa shape index (κ2) is 5.32. The standard InChI is InChI=1S/C11H9ClO4/c12-8-5-4-7(2-1-3-10(13)14)9(6-8)11(15)16/h1-2,4-6H,3H2,(H,13,14)(H,15,16). The summed E-state index contributed by atoms with van der Waals surface area (Å²) in [5.74, 6) is -2.07. The first-order chi connectivity index (χ1) is 7.50. The van der Waals surface area contributed by atoms with Crippen LogP contribution in [-0.4, -0.2) is 22.2 Å². The summed E-state index contributed by atoms with van der Waals surface area (Å²) in [7, 11) is 0. The molecule has 0 aliphatic carbocycles. The van der Waals surface area contributed by atoms with Crippen LogP contribution >= 0.6 is 11.6 Å². The highest BCUT2D eigenvalue weighted by molar-refractivity contribution is 6.31. The van der Waals surface area contributed by atoms with Gasteiger partial charge in [0.1, 0.15) is 0 Å². The topological polar surface area (TPSA) is 74.6 Å². The first-order valence-electron chi connectivity index (χ1n) is 4.42. The lowest BCUT2D eigenvalue weighted by molar-refractivity contribution is -0.135. The molecule has 5 heteroatoms. The molecular weight excluding hydrogens is 232 g/mol. The van der Waals surface area contributed by atoms with Gasteiger partial charge in [0.15, 0.2) is 0 Å². The molecule has 0 amide bonds. The zero-order valence-electron chi connectivity index (χ0n) is 8.18. The minimum atomic E-state index is -1.10. The molecule has 0 heterocycles. The molecule has 2 N–H and O–H groups in total. The maximum Gasteiger partial charge on any atom is 0.336 e. The van der Waals surface area contributed by atoms with E-state index in [9.17, 15) is 9.59 Å². The second-order valence-corrected chi connectivity index (χ2v) is 3.47. The van der Waals surface area contributed by atoms with E-state index in [1.807, 2.05) is 0 Å². The Kier molecular flexibility index (Phi) is 4.08. The van der Waals surface area contributed by atoms with E-state index in [0.717, 1.165) is 0 Å². The number of carbonyl (C=O) groups is 2. The summed E-state index contributed by atoms with van der Waals surface area (Å²) in [6, 6.07) is 4.41. The van der Waals surface area contributed by atoms with Crippen molar-refractivity contribution in [3.05, 3.63) is 40.4 Å². The van der Waals surface area contributed by atoms with Crippen molar-refractivity contribution in [1.82, 2.24) is 0 Å². The summed E-state index contributed by atoms with van der Waals surface area (Å²) >= 11 is 5.66. The van der Waals surface area contributed by atoms with E-state index in [0.29, 0.717) is 10.6 Å². The molecule has 0 fully saturated rings. The van der Waals surface area contributed by atoms with Gasteiger partial charge in [0.05, 0.1) is 12.0 Å². The molecule has 0 saturated heterocycles. The summed E-state index contributed by atoms with van der Waals surface area (Å²) in [5.41, 5.74) is 0.479. The Morgan fingerprint density at radius 3 is 2.56 bits per heavy atom. The van der Waals surface area contributed by atoms with Crippen LogP contribution in [0.15, 0.2) is 24.3 Å². The van der Waals surface area contributed by atoms with Gasteiger partial charge in [-0.1, -0.05) is 29.8 Å². The van der Waals surface area contributed by atoms with Gasteiger partial charge in [-0.2, -0.15) is 0 Å². The molecule has 16 heavy (non-hydrogen) atoms. The number of aliphatic carboxylic acids is 1. The highest BCUT2D eigenvalue weighted by Crippen LogP contribution is 2.17. The summed E-state index contributed by atoms with van der Waals surface area (Å²) in [4.78, 5) is 21.1. The van der Waals surface area contributed by atoms with E-state index in [1.165, 1.54) is 24.3 Å². The van der Waals surface area contributed by atoms with Crippen molar-refractivity contribution < 1.29 is 19.8 Å². The van der Waals surface area contributed by atoms with Crippen LogP contribution in [0.5, 0.6) is 0 Å². The predicted molar refractivity (Wildman–Crippen MR) is 59.7 cm³/mol. The SMILES string of the molecule is O=C(O)CC=Cc1ccc(Cl)cc1C(=O)O. The lowest BCUT2D eigenvalue weighted by atomic mass is 10.1. The van der Waals surface area contributed by atoms with E-state index in [-0.39, 0.29) is 12.0 Å². The molecule has 0 aromatic heterocycles. The summed E-state index contributed by atoms with van der Waals surface area (Å²) in [6.45, 7) is 0. The second-order valence-electron chi connectivity index (χ2n) is 3.04. The monoisotopic (exact) mass is 240 g/mol. The van der Waals surface area contributed by atoms with Crippen molar-refractivity contribution in [2.75, 3.05) is 0 Å². The van der Waals surface area contributed by atoms with Gasteiger partial charge in [-0.15, -0.1) is 0 Å². The van der Waals surface area contributed by atoms with Crippen molar-refractivity contribution in [3.63, 3.8) is 0 Å². The molecule has 1 aromatic rings. The van der Waals surface area contributed by atoms with Gasteiger partial charge in [-0.05, 0) is 17.7 Å². The Morgan fingerprint density at radius 2 is 2.00 bits per heavy atom. The minimum Gasteiger partial charge on any atom is -0.481 e. The van der Waals surface area contributed by atoms with Crippen LogP contribution in [0, 0.1) is 0 Å². The molecule has 0 bridgehead atoms. The molecule has 1 aromatic carbocycles. The summed E-state index contributed by atoms with van der Waals surface area (Å²) in [6.07, 6.45) is 2.69. The molecule has 84 valence electrons. The van der Waals surface area contributed by atoms with Crippen LogP contribution in [0.25, 0.3) is 6.08 Å². The van der Waals surface area contributed by atoms with Gasteiger partial charge in [0.2, 0.25) is 0 Å². The fourth-order valence-corrected chi connectivity index (χ4v) is 1.32.